The summed E-state index contributed by atoms with van der Waals surface area (Å²) in [5, 5.41) is 3.41. The van der Waals surface area contributed by atoms with Gasteiger partial charge in [-0.3, -0.25) is 0 Å². The first-order valence-electron chi connectivity index (χ1n) is 9.36. The summed E-state index contributed by atoms with van der Waals surface area (Å²) in [6.07, 6.45) is 11.2. The van der Waals surface area contributed by atoms with Crippen LogP contribution in [0.25, 0.3) is 17.1 Å². The van der Waals surface area contributed by atoms with Gasteiger partial charge in [-0.05, 0) is 55.7 Å². The second-order valence-corrected chi connectivity index (χ2v) is 6.83. The molecule has 5 rings (SSSR count). The van der Waals surface area contributed by atoms with Crippen molar-refractivity contribution < 1.29 is 4.42 Å². The molecule has 0 bridgehead atoms. The maximum Gasteiger partial charge on any atom is 0.180 e. The number of imidazole rings is 1. The van der Waals surface area contributed by atoms with Gasteiger partial charge < -0.3 is 19.0 Å². The van der Waals surface area contributed by atoms with E-state index >= 15 is 0 Å². The van der Waals surface area contributed by atoms with Gasteiger partial charge in [-0.25, -0.2) is 9.97 Å². The quantitative estimate of drug-likeness (QED) is 0.571. The van der Waals surface area contributed by atoms with Crippen LogP contribution >= 0.6 is 0 Å². The minimum absolute atomic E-state index is 0.708. The minimum Gasteiger partial charge on any atom is -0.463 e. The molecule has 0 saturated carbocycles. The first-order chi connectivity index (χ1) is 13.4. The van der Waals surface area contributed by atoms with Gasteiger partial charge in [0.1, 0.15) is 5.69 Å². The third kappa shape index (κ3) is 3.14. The van der Waals surface area contributed by atoms with Crippen molar-refractivity contribution in [1.82, 2.24) is 14.4 Å². The molecule has 27 heavy (non-hydrogen) atoms. The van der Waals surface area contributed by atoms with Crippen molar-refractivity contribution in [2.45, 2.75) is 19.3 Å². The average Bonchev–Trinajstić information content (AvgIpc) is 3.41. The predicted octanol–water partition coefficient (Wildman–Crippen LogP) is 4.72. The normalized spacial score (nSPS) is 14.6. The average molecular weight is 359 g/mol. The largest absolute Gasteiger partial charge is 0.463 e. The molecule has 1 N–H and O–H groups in total. The number of nitrogens with one attached hydrogen (secondary N) is 1. The standard InChI is InChI=1S/C21H21N5O/c1-2-11-25(12-3-1)17-8-6-16(7-9-17)23-20-21-22-10-13-26(21)15-18(24-20)19-5-4-14-27-19/h4-10,13-15H,1-3,11-12H2,(H,23,24). The smallest absolute Gasteiger partial charge is 0.180 e. The van der Waals surface area contributed by atoms with E-state index in [0.29, 0.717) is 5.82 Å². The highest BCUT2D eigenvalue weighted by Crippen LogP contribution is 2.27. The van der Waals surface area contributed by atoms with Gasteiger partial charge in [0.2, 0.25) is 0 Å². The van der Waals surface area contributed by atoms with E-state index < -0.39 is 0 Å². The van der Waals surface area contributed by atoms with Crippen LogP contribution < -0.4 is 10.2 Å². The number of aromatic nitrogens is 3. The van der Waals surface area contributed by atoms with E-state index in [0.717, 1.165) is 35.9 Å². The number of hydrogen-bond donors (Lipinski definition) is 1. The van der Waals surface area contributed by atoms with Crippen LogP contribution in [0.2, 0.25) is 0 Å². The Bertz CT molecular complexity index is 1030. The van der Waals surface area contributed by atoms with Crippen molar-refractivity contribution in [2.24, 2.45) is 0 Å². The molecule has 1 fully saturated rings. The molecule has 6 nitrogen and oxygen atoms in total. The van der Waals surface area contributed by atoms with Crippen molar-refractivity contribution in [3.8, 4) is 11.5 Å². The molecule has 1 aromatic carbocycles. The summed E-state index contributed by atoms with van der Waals surface area (Å²) in [6, 6.07) is 12.3. The summed E-state index contributed by atoms with van der Waals surface area (Å²) >= 11 is 0. The molecule has 4 heterocycles. The third-order valence-electron chi connectivity index (χ3n) is 5.00. The lowest BCUT2D eigenvalue weighted by Gasteiger charge is -2.28. The van der Waals surface area contributed by atoms with Crippen LogP contribution in [0.4, 0.5) is 17.2 Å². The second-order valence-electron chi connectivity index (χ2n) is 6.83. The summed E-state index contributed by atoms with van der Waals surface area (Å²) in [5.74, 6) is 1.44. The Morgan fingerprint density at radius 2 is 1.85 bits per heavy atom. The van der Waals surface area contributed by atoms with Gasteiger partial charge in [0.05, 0.1) is 6.26 Å². The molecule has 1 saturated heterocycles. The van der Waals surface area contributed by atoms with Crippen LogP contribution in [0.3, 0.4) is 0 Å². The fraction of sp³-hybridized carbons (Fsp3) is 0.238. The molecule has 6 heteroatoms. The number of hydrogen-bond acceptors (Lipinski definition) is 5. The Morgan fingerprint density at radius 1 is 1.00 bits per heavy atom. The van der Waals surface area contributed by atoms with E-state index in [2.05, 4.69) is 39.5 Å². The number of benzene rings is 1. The van der Waals surface area contributed by atoms with Gasteiger partial charge in [-0.2, -0.15) is 0 Å². The highest BCUT2D eigenvalue weighted by atomic mass is 16.3. The molecular weight excluding hydrogens is 338 g/mol. The minimum atomic E-state index is 0.708. The van der Waals surface area contributed by atoms with Gasteiger partial charge in [0, 0.05) is 43.1 Å². The summed E-state index contributed by atoms with van der Waals surface area (Å²) in [7, 11) is 0. The van der Waals surface area contributed by atoms with Gasteiger partial charge in [0.25, 0.3) is 0 Å². The van der Waals surface area contributed by atoms with E-state index in [1.807, 2.05) is 28.9 Å². The fourth-order valence-electron chi connectivity index (χ4n) is 3.60. The Balaban J connectivity index is 1.44. The number of piperidine rings is 1. The predicted molar refractivity (Wildman–Crippen MR) is 106 cm³/mol. The number of rotatable bonds is 4. The molecule has 4 aromatic rings. The van der Waals surface area contributed by atoms with Crippen LogP contribution in [0.1, 0.15) is 19.3 Å². The zero-order valence-electron chi connectivity index (χ0n) is 15.0. The summed E-state index contributed by atoms with van der Waals surface area (Å²) in [5.41, 5.74) is 3.82. The van der Waals surface area contributed by atoms with Crippen molar-refractivity contribution >= 4 is 22.8 Å². The molecule has 3 aromatic heterocycles. The van der Waals surface area contributed by atoms with Crippen molar-refractivity contribution in [2.75, 3.05) is 23.3 Å². The van der Waals surface area contributed by atoms with Crippen LogP contribution in [0.5, 0.6) is 0 Å². The summed E-state index contributed by atoms with van der Waals surface area (Å²) in [6.45, 7) is 2.29. The maximum atomic E-state index is 5.50. The van der Waals surface area contributed by atoms with Crippen molar-refractivity contribution in [3.63, 3.8) is 0 Å². The summed E-state index contributed by atoms with van der Waals surface area (Å²) < 4.78 is 7.46. The first-order valence-corrected chi connectivity index (χ1v) is 9.36. The van der Waals surface area contributed by atoms with E-state index in [4.69, 9.17) is 9.40 Å². The van der Waals surface area contributed by atoms with Gasteiger partial charge in [0.15, 0.2) is 17.2 Å². The molecule has 136 valence electrons. The molecule has 1 aliphatic rings. The van der Waals surface area contributed by atoms with Crippen LogP contribution in [-0.2, 0) is 0 Å². The second kappa shape index (κ2) is 6.79. The Kier molecular flexibility index (Phi) is 4.01. The van der Waals surface area contributed by atoms with Gasteiger partial charge in [-0.1, -0.05) is 0 Å². The zero-order chi connectivity index (χ0) is 18.1. The van der Waals surface area contributed by atoms with E-state index in [1.165, 1.54) is 24.9 Å². The Labute approximate surface area is 157 Å². The van der Waals surface area contributed by atoms with E-state index in [9.17, 15) is 0 Å². The lowest BCUT2D eigenvalue weighted by atomic mass is 10.1. The van der Waals surface area contributed by atoms with Gasteiger partial charge >= 0.3 is 0 Å². The summed E-state index contributed by atoms with van der Waals surface area (Å²) in [4.78, 5) is 11.6. The number of furan rings is 1. The lowest BCUT2D eigenvalue weighted by molar-refractivity contribution is 0.578. The van der Waals surface area contributed by atoms with Crippen molar-refractivity contribution in [3.05, 3.63) is 61.3 Å². The van der Waals surface area contributed by atoms with Gasteiger partial charge in [-0.15, -0.1) is 0 Å². The molecular formula is C21H21N5O. The Morgan fingerprint density at radius 3 is 2.63 bits per heavy atom. The monoisotopic (exact) mass is 359 g/mol. The Hall–Kier alpha value is -3.28. The highest BCUT2D eigenvalue weighted by Gasteiger charge is 2.13. The maximum absolute atomic E-state index is 5.50. The molecule has 0 atom stereocenters. The fourth-order valence-corrected chi connectivity index (χ4v) is 3.60. The molecule has 0 amide bonds. The molecule has 0 radical (unpaired) electrons. The third-order valence-corrected chi connectivity index (χ3v) is 5.00. The number of nitrogens with zero attached hydrogens (tertiary/aromatic N) is 4. The van der Waals surface area contributed by atoms with Crippen LogP contribution in [-0.4, -0.2) is 27.5 Å². The number of anilines is 3. The van der Waals surface area contributed by atoms with Crippen LogP contribution in [0.15, 0.2) is 65.7 Å². The molecule has 1 aliphatic heterocycles. The first kappa shape index (κ1) is 15.9. The lowest BCUT2D eigenvalue weighted by Crippen LogP contribution is -2.29. The molecule has 0 spiro atoms. The van der Waals surface area contributed by atoms with Crippen LogP contribution in [0, 0.1) is 0 Å². The topological polar surface area (TPSA) is 58.6 Å². The highest BCUT2D eigenvalue weighted by molar-refractivity contribution is 5.73. The molecule has 0 aliphatic carbocycles. The van der Waals surface area contributed by atoms with E-state index in [1.54, 1.807) is 12.5 Å². The molecule has 0 unspecified atom stereocenters. The zero-order valence-corrected chi connectivity index (χ0v) is 15.0. The SMILES string of the molecule is c1coc(-c2cn3ccnc3c(Nc3ccc(N4CCCCC4)cc3)n2)c1. The van der Waals surface area contributed by atoms with Crippen molar-refractivity contribution in [1.29, 1.82) is 0 Å². The van der Waals surface area contributed by atoms with E-state index in [-0.39, 0.29) is 0 Å². The number of fused-ring (bicyclic) bond motifs is 1.